The number of ether oxygens (including phenoxy) is 6. The van der Waals surface area contributed by atoms with E-state index in [0.29, 0.717) is 74.0 Å². The van der Waals surface area contributed by atoms with Gasteiger partial charge in [-0.2, -0.15) is 0 Å². The van der Waals surface area contributed by atoms with Crippen LogP contribution in [-0.2, 0) is 19.1 Å². The van der Waals surface area contributed by atoms with Crippen molar-refractivity contribution in [1.29, 1.82) is 0 Å². The number of hydrogen-bond donors (Lipinski definition) is 0. The summed E-state index contributed by atoms with van der Waals surface area (Å²) in [4.78, 5) is 41.4. The molecule has 3 aromatic rings. The van der Waals surface area contributed by atoms with Gasteiger partial charge in [-0.15, -0.1) is 6.58 Å². The third-order valence-corrected chi connectivity index (χ3v) is 5.29. The van der Waals surface area contributed by atoms with Crippen LogP contribution < -0.4 is 18.9 Å². The first-order chi connectivity index (χ1) is 22.3. The summed E-state index contributed by atoms with van der Waals surface area (Å²) in [5.41, 5.74) is 1.92. The third-order valence-electron chi connectivity index (χ3n) is 5.29. The number of rotatable bonds is 16. The molecule has 0 aromatic heterocycles. The number of aldehydes is 2. The number of carbonyl (C=O) groups is 4. The average molecular weight is 637 g/mol. The fourth-order valence-corrected chi connectivity index (χ4v) is 3.13. The Bertz CT molecular complexity index is 1280. The lowest BCUT2D eigenvalue weighted by molar-refractivity contribution is -0.128. The van der Waals surface area contributed by atoms with Crippen molar-refractivity contribution in [2.75, 3.05) is 40.6 Å². The van der Waals surface area contributed by atoms with Crippen molar-refractivity contribution in [2.24, 2.45) is 0 Å². The molecule has 0 aliphatic carbocycles. The summed E-state index contributed by atoms with van der Waals surface area (Å²) in [6.07, 6.45) is 5.83. The molecule has 0 atom stereocenters. The van der Waals surface area contributed by atoms with Crippen molar-refractivity contribution in [2.45, 2.75) is 26.7 Å². The average Bonchev–Trinajstić information content (AvgIpc) is 3.08. The molecule has 46 heavy (non-hydrogen) atoms. The van der Waals surface area contributed by atoms with Crippen molar-refractivity contribution in [1.82, 2.24) is 0 Å². The lowest BCUT2D eigenvalue weighted by atomic mass is 10.2. The molecule has 0 N–H and O–H groups in total. The molecule has 10 heteroatoms. The summed E-state index contributed by atoms with van der Waals surface area (Å²) >= 11 is 0. The zero-order valence-corrected chi connectivity index (χ0v) is 27.0. The smallest absolute Gasteiger partial charge is 0.343 e. The Kier molecular flexibility index (Phi) is 24.2. The predicted octanol–water partition coefficient (Wildman–Crippen LogP) is 6.64. The van der Waals surface area contributed by atoms with Crippen molar-refractivity contribution in [3.05, 3.63) is 109 Å². The highest BCUT2D eigenvalue weighted by Gasteiger charge is 2.11. The number of allylic oxidation sites excluding steroid dienone is 2. The maximum Gasteiger partial charge on any atom is 0.343 e. The van der Waals surface area contributed by atoms with Crippen molar-refractivity contribution in [3.8, 4) is 23.0 Å². The second-order valence-electron chi connectivity index (χ2n) is 8.88. The molecule has 10 nitrogen and oxygen atoms in total. The fourth-order valence-electron chi connectivity index (χ4n) is 3.13. The molecule has 0 heterocycles. The van der Waals surface area contributed by atoms with E-state index in [1.165, 1.54) is 6.08 Å². The van der Waals surface area contributed by atoms with Gasteiger partial charge in [0.1, 0.15) is 35.6 Å². The van der Waals surface area contributed by atoms with Crippen LogP contribution in [0.3, 0.4) is 0 Å². The number of esters is 1. The Morgan fingerprint density at radius 3 is 1.74 bits per heavy atom. The maximum absolute atomic E-state index is 12.2. The molecule has 0 radical (unpaired) electrons. The highest BCUT2D eigenvalue weighted by molar-refractivity contribution is 5.91. The molecule has 0 bridgehead atoms. The van der Waals surface area contributed by atoms with E-state index in [1.807, 2.05) is 19.9 Å². The highest BCUT2D eigenvalue weighted by atomic mass is 16.5. The van der Waals surface area contributed by atoms with E-state index in [0.717, 1.165) is 24.0 Å². The quantitative estimate of drug-likeness (QED) is 0.0422. The molecule has 0 fully saturated rings. The zero-order chi connectivity index (χ0) is 34.4. The Balaban J connectivity index is 0.000000782. The Morgan fingerprint density at radius 2 is 1.28 bits per heavy atom. The van der Waals surface area contributed by atoms with Gasteiger partial charge in [0.05, 0.1) is 32.5 Å². The van der Waals surface area contributed by atoms with Crippen LogP contribution in [0.4, 0.5) is 0 Å². The molecule has 248 valence electrons. The molecular formula is C36H44O10. The van der Waals surface area contributed by atoms with E-state index >= 15 is 0 Å². The van der Waals surface area contributed by atoms with Crippen LogP contribution in [0.1, 0.15) is 46.0 Å². The molecule has 0 aliphatic heterocycles. The molecule has 0 spiro atoms. The second-order valence-corrected chi connectivity index (χ2v) is 8.88. The first-order valence-corrected chi connectivity index (χ1v) is 14.3. The van der Waals surface area contributed by atoms with Crippen molar-refractivity contribution in [3.63, 3.8) is 0 Å². The topological polar surface area (TPSA) is 124 Å². The van der Waals surface area contributed by atoms with Crippen LogP contribution >= 0.6 is 0 Å². The molecule has 0 unspecified atom stereocenters. The van der Waals surface area contributed by atoms with E-state index in [1.54, 1.807) is 81.0 Å². The molecule has 3 aromatic carbocycles. The molecule has 3 rings (SSSR count). The minimum atomic E-state index is -0.408. The summed E-state index contributed by atoms with van der Waals surface area (Å²) in [5, 5.41) is 0. The van der Waals surface area contributed by atoms with Crippen molar-refractivity contribution < 1.29 is 47.6 Å². The summed E-state index contributed by atoms with van der Waals surface area (Å²) in [6, 6.07) is 19.0. The predicted molar refractivity (Wildman–Crippen MR) is 177 cm³/mol. The largest absolute Gasteiger partial charge is 0.497 e. The standard InChI is InChI=1S/C19H22O5.C11H12O4.C3H4O.C3H6/c1-14-13-17(22-3)9-10-18(14)24-19(20)15-5-7-16(8-6-15)23-12-4-11-21-2;12-8-10-2-4-11(5-3-10)15-7-1-6-14-9-13;1-2-3-4;1-3-2/h5-10,13H,4,11-12H2,1-3H3;2-5,8-9H,1,6-7H2;2-3H,1H2;3H,1H2,2H3. The normalized spacial score (nSPS) is 9.13. The number of benzene rings is 3. The zero-order valence-electron chi connectivity index (χ0n) is 27.0. The van der Waals surface area contributed by atoms with E-state index in [4.69, 9.17) is 28.5 Å². The first-order valence-electron chi connectivity index (χ1n) is 14.3. The number of methoxy groups -OCH3 is 2. The van der Waals surface area contributed by atoms with E-state index in [2.05, 4.69) is 17.9 Å². The van der Waals surface area contributed by atoms with Gasteiger partial charge in [0.15, 0.2) is 0 Å². The minimum absolute atomic E-state index is 0.357. The number of hydrogen-bond acceptors (Lipinski definition) is 10. The number of carbonyl (C=O) groups excluding carboxylic acids is 4. The van der Waals surface area contributed by atoms with Crippen LogP contribution in [0.5, 0.6) is 23.0 Å². The van der Waals surface area contributed by atoms with Gasteiger partial charge in [-0.25, -0.2) is 4.79 Å². The summed E-state index contributed by atoms with van der Waals surface area (Å²) in [7, 11) is 3.25. The van der Waals surface area contributed by atoms with E-state index in [9.17, 15) is 14.4 Å². The van der Waals surface area contributed by atoms with Gasteiger partial charge in [0.2, 0.25) is 0 Å². The Hall–Kier alpha value is -5.22. The van der Waals surface area contributed by atoms with Gasteiger partial charge in [0.25, 0.3) is 6.47 Å². The Labute approximate surface area is 271 Å². The van der Waals surface area contributed by atoms with Crippen LogP contribution in [0.15, 0.2) is 92.0 Å². The van der Waals surface area contributed by atoms with Gasteiger partial charge < -0.3 is 28.4 Å². The molecular weight excluding hydrogens is 592 g/mol. The lowest BCUT2D eigenvalue weighted by Gasteiger charge is -2.10. The third kappa shape index (κ3) is 19.1. The van der Waals surface area contributed by atoms with Crippen LogP contribution in [0.25, 0.3) is 0 Å². The summed E-state index contributed by atoms with van der Waals surface area (Å²) in [6.45, 7) is 12.7. The Morgan fingerprint density at radius 1 is 0.761 bits per heavy atom. The number of aryl methyl sites for hydroxylation is 1. The van der Waals surface area contributed by atoms with Gasteiger partial charge in [-0.1, -0.05) is 12.7 Å². The summed E-state index contributed by atoms with van der Waals surface area (Å²) in [5.74, 6) is 2.24. The molecule has 0 saturated carbocycles. The second kappa shape index (κ2) is 27.3. The van der Waals surface area contributed by atoms with Crippen molar-refractivity contribution >= 4 is 25.0 Å². The highest BCUT2D eigenvalue weighted by Crippen LogP contribution is 2.24. The first kappa shape index (κ1) is 40.8. The minimum Gasteiger partial charge on any atom is -0.497 e. The molecule has 0 aliphatic rings. The molecule has 0 saturated heterocycles. The monoisotopic (exact) mass is 636 g/mol. The van der Waals surface area contributed by atoms with Crippen LogP contribution in [-0.4, -0.2) is 65.7 Å². The van der Waals surface area contributed by atoms with Gasteiger partial charge in [-0.05, 0) is 92.2 Å². The van der Waals surface area contributed by atoms with Crippen LogP contribution in [0.2, 0.25) is 0 Å². The van der Waals surface area contributed by atoms with Crippen LogP contribution in [0, 0.1) is 6.92 Å². The van der Waals surface area contributed by atoms with E-state index in [-0.39, 0.29) is 0 Å². The SMILES string of the molecule is C=CC.C=CC=O.COCCCOc1ccc(C(=O)Oc2ccc(OC)cc2C)cc1.O=COCCCOc1ccc(C=O)cc1. The fraction of sp³-hybridized carbons (Fsp3) is 0.278. The van der Waals surface area contributed by atoms with E-state index < -0.39 is 5.97 Å². The lowest BCUT2D eigenvalue weighted by Crippen LogP contribution is -2.09. The van der Waals surface area contributed by atoms with Gasteiger partial charge in [0, 0.05) is 32.1 Å². The van der Waals surface area contributed by atoms with Gasteiger partial charge in [-0.3, -0.25) is 14.4 Å². The summed E-state index contributed by atoms with van der Waals surface area (Å²) < 4.78 is 30.9. The molecule has 0 amide bonds. The maximum atomic E-state index is 12.2. The van der Waals surface area contributed by atoms with Gasteiger partial charge >= 0.3 is 5.97 Å².